The number of aliphatic hydroxyl groups excluding tert-OH is 2. The highest BCUT2D eigenvalue weighted by molar-refractivity contribution is 6.74. The first-order valence-electron chi connectivity index (χ1n) is 12.2. The van der Waals surface area contributed by atoms with E-state index in [1.807, 2.05) is 44.2 Å². The standard InChI is InChI=1S/C26H44O8Si/c1-25(2,3)35(7,8)34-19(14-20(27)23(28)24(29)30-6)15-21-22(33-26(4,5)32-21)17-31-16-18-12-10-9-11-13-18/h9-13,19-23,27-28H,14-17H2,1-8H3/t19-,20-,21-,22-,23-/m0/s1. The van der Waals surface area contributed by atoms with Crippen LogP contribution in [0.25, 0.3) is 0 Å². The number of hydrogen-bond donors (Lipinski definition) is 2. The van der Waals surface area contributed by atoms with E-state index in [0.717, 1.165) is 5.56 Å². The van der Waals surface area contributed by atoms with Gasteiger partial charge in [0.15, 0.2) is 20.2 Å². The Kier molecular flexibility index (Phi) is 10.5. The molecule has 1 aromatic rings. The summed E-state index contributed by atoms with van der Waals surface area (Å²) >= 11 is 0. The van der Waals surface area contributed by atoms with Crippen molar-refractivity contribution in [3.8, 4) is 0 Å². The fourth-order valence-corrected chi connectivity index (χ4v) is 5.22. The normalized spacial score (nSPS) is 23.0. The van der Waals surface area contributed by atoms with Crippen molar-refractivity contribution in [2.75, 3.05) is 13.7 Å². The maximum Gasteiger partial charge on any atom is 0.337 e. The fourth-order valence-electron chi connectivity index (χ4n) is 3.84. The number of aliphatic hydroxyl groups is 2. The van der Waals surface area contributed by atoms with Crippen LogP contribution in [0.3, 0.4) is 0 Å². The molecule has 1 saturated heterocycles. The number of benzene rings is 1. The first kappa shape index (κ1) is 29.9. The van der Waals surface area contributed by atoms with Crippen molar-refractivity contribution in [3.05, 3.63) is 35.9 Å². The van der Waals surface area contributed by atoms with Gasteiger partial charge in [-0.15, -0.1) is 0 Å². The molecule has 2 N–H and O–H groups in total. The van der Waals surface area contributed by atoms with Crippen LogP contribution in [0.2, 0.25) is 18.1 Å². The van der Waals surface area contributed by atoms with Crippen LogP contribution in [0.15, 0.2) is 30.3 Å². The first-order valence-corrected chi connectivity index (χ1v) is 15.1. The summed E-state index contributed by atoms with van der Waals surface area (Å²) < 4.78 is 29.5. The minimum atomic E-state index is -2.24. The molecule has 200 valence electrons. The van der Waals surface area contributed by atoms with Gasteiger partial charge >= 0.3 is 5.97 Å². The predicted octanol–water partition coefficient (Wildman–Crippen LogP) is 3.79. The van der Waals surface area contributed by atoms with Gasteiger partial charge in [-0.2, -0.15) is 0 Å². The molecule has 1 fully saturated rings. The molecule has 5 atom stereocenters. The maximum absolute atomic E-state index is 11.8. The van der Waals surface area contributed by atoms with Crippen molar-refractivity contribution in [1.29, 1.82) is 0 Å². The highest BCUT2D eigenvalue weighted by atomic mass is 28.4. The van der Waals surface area contributed by atoms with Gasteiger partial charge < -0.3 is 33.6 Å². The summed E-state index contributed by atoms with van der Waals surface area (Å²) in [5.74, 6) is -1.67. The van der Waals surface area contributed by atoms with Crippen molar-refractivity contribution in [3.63, 3.8) is 0 Å². The van der Waals surface area contributed by atoms with Crippen molar-refractivity contribution >= 4 is 14.3 Å². The van der Waals surface area contributed by atoms with Gasteiger partial charge in [-0.05, 0) is 37.5 Å². The summed E-state index contributed by atoms with van der Waals surface area (Å²) in [6, 6.07) is 9.91. The Labute approximate surface area is 211 Å². The first-order chi connectivity index (χ1) is 16.1. The molecule has 1 heterocycles. The molecule has 1 aromatic carbocycles. The second-order valence-corrected chi connectivity index (χ2v) is 16.0. The van der Waals surface area contributed by atoms with Crippen molar-refractivity contribution in [2.24, 2.45) is 0 Å². The van der Waals surface area contributed by atoms with Gasteiger partial charge in [0.1, 0.15) is 6.10 Å². The minimum absolute atomic E-state index is 0.0562. The Morgan fingerprint density at radius 3 is 2.29 bits per heavy atom. The van der Waals surface area contributed by atoms with Gasteiger partial charge in [0, 0.05) is 12.8 Å². The second kappa shape index (κ2) is 12.3. The van der Waals surface area contributed by atoms with Crippen LogP contribution in [0.4, 0.5) is 0 Å². The Bertz CT molecular complexity index is 792. The summed E-state index contributed by atoms with van der Waals surface area (Å²) in [5, 5.41) is 20.7. The number of rotatable bonds is 12. The van der Waals surface area contributed by atoms with E-state index < -0.39 is 38.4 Å². The molecular formula is C26H44O8Si. The highest BCUT2D eigenvalue weighted by Crippen LogP contribution is 2.39. The lowest BCUT2D eigenvalue weighted by atomic mass is 10.00. The van der Waals surface area contributed by atoms with Gasteiger partial charge in [0.05, 0.1) is 38.6 Å². The summed E-state index contributed by atoms with van der Waals surface area (Å²) in [4.78, 5) is 11.8. The van der Waals surface area contributed by atoms with Crippen molar-refractivity contribution in [2.45, 2.75) is 109 Å². The number of carbonyl (C=O) groups is 1. The number of carbonyl (C=O) groups excluding carboxylic acids is 1. The SMILES string of the molecule is COC(=O)[C@@H](O)[C@@H](O)C[C@@H](C[C@@H]1OC(C)(C)O[C@H]1COCc1ccccc1)O[Si](C)(C)C(C)(C)C. The summed E-state index contributed by atoms with van der Waals surface area (Å²) in [7, 11) is -1.07. The van der Waals surface area contributed by atoms with Crippen LogP contribution >= 0.6 is 0 Å². The van der Waals surface area contributed by atoms with Crippen LogP contribution < -0.4 is 0 Å². The van der Waals surface area contributed by atoms with E-state index in [4.69, 9.17) is 18.6 Å². The molecule has 35 heavy (non-hydrogen) atoms. The lowest BCUT2D eigenvalue weighted by Gasteiger charge is -2.40. The molecule has 0 bridgehead atoms. The summed E-state index contributed by atoms with van der Waals surface area (Å²) in [6.45, 7) is 15.2. The molecule has 0 aromatic heterocycles. The van der Waals surface area contributed by atoms with Gasteiger partial charge in [0.25, 0.3) is 0 Å². The van der Waals surface area contributed by atoms with E-state index in [2.05, 4.69) is 38.6 Å². The summed E-state index contributed by atoms with van der Waals surface area (Å²) in [6.07, 6.45) is -3.65. The minimum Gasteiger partial charge on any atom is -0.467 e. The zero-order chi connectivity index (χ0) is 26.4. The Morgan fingerprint density at radius 1 is 1.11 bits per heavy atom. The van der Waals surface area contributed by atoms with Crippen LogP contribution in [0.1, 0.15) is 53.0 Å². The van der Waals surface area contributed by atoms with E-state index in [9.17, 15) is 15.0 Å². The molecule has 0 radical (unpaired) electrons. The lowest BCUT2D eigenvalue weighted by Crippen LogP contribution is -2.47. The van der Waals surface area contributed by atoms with Crippen molar-refractivity contribution in [1.82, 2.24) is 0 Å². The van der Waals surface area contributed by atoms with Gasteiger partial charge in [-0.1, -0.05) is 51.1 Å². The molecule has 0 unspecified atom stereocenters. The van der Waals surface area contributed by atoms with Crippen LogP contribution in [0, 0.1) is 0 Å². The van der Waals surface area contributed by atoms with Crippen LogP contribution in [0.5, 0.6) is 0 Å². The molecule has 1 aliphatic heterocycles. The van der Waals surface area contributed by atoms with Gasteiger partial charge in [-0.3, -0.25) is 0 Å². The largest absolute Gasteiger partial charge is 0.467 e. The average Bonchev–Trinajstić information content (AvgIpc) is 3.05. The maximum atomic E-state index is 11.8. The second-order valence-electron chi connectivity index (χ2n) is 11.2. The molecule has 8 nitrogen and oxygen atoms in total. The quantitative estimate of drug-likeness (QED) is 0.322. The van der Waals surface area contributed by atoms with Gasteiger partial charge in [-0.25, -0.2) is 4.79 Å². The third-order valence-electron chi connectivity index (χ3n) is 6.75. The topological polar surface area (TPSA) is 104 Å². The van der Waals surface area contributed by atoms with Crippen molar-refractivity contribution < 1.29 is 38.4 Å². The smallest absolute Gasteiger partial charge is 0.337 e. The number of ether oxygens (including phenoxy) is 4. The molecule has 9 heteroatoms. The molecular weight excluding hydrogens is 468 g/mol. The Morgan fingerprint density at radius 2 is 1.71 bits per heavy atom. The number of esters is 1. The molecule has 0 aliphatic carbocycles. The molecule has 0 amide bonds. The predicted molar refractivity (Wildman–Crippen MR) is 135 cm³/mol. The average molecular weight is 513 g/mol. The van der Waals surface area contributed by atoms with Crippen LogP contribution in [-0.4, -0.2) is 74.5 Å². The molecule has 2 rings (SSSR count). The highest BCUT2D eigenvalue weighted by Gasteiger charge is 2.45. The van der Waals surface area contributed by atoms with E-state index >= 15 is 0 Å². The van der Waals surface area contributed by atoms with Gasteiger partial charge in [0.2, 0.25) is 0 Å². The Balaban J connectivity index is 2.14. The third-order valence-corrected chi connectivity index (χ3v) is 11.3. The zero-order valence-electron chi connectivity index (χ0n) is 22.4. The van der Waals surface area contributed by atoms with E-state index in [0.29, 0.717) is 19.6 Å². The molecule has 0 spiro atoms. The molecule has 0 saturated carbocycles. The summed E-state index contributed by atoms with van der Waals surface area (Å²) in [5.41, 5.74) is 1.07. The Hall–Kier alpha value is -1.33. The number of hydrogen-bond acceptors (Lipinski definition) is 8. The monoisotopic (exact) mass is 512 g/mol. The lowest BCUT2D eigenvalue weighted by molar-refractivity contribution is -0.158. The number of methoxy groups -OCH3 is 1. The molecule has 1 aliphatic rings. The van der Waals surface area contributed by atoms with Crippen LogP contribution in [-0.2, 0) is 34.8 Å². The fraction of sp³-hybridized carbons (Fsp3) is 0.731. The van der Waals surface area contributed by atoms with E-state index in [-0.39, 0.29) is 23.7 Å². The third kappa shape index (κ3) is 8.93. The zero-order valence-corrected chi connectivity index (χ0v) is 23.4. The van der Waals surface area contributed by atoms with E-state index in [1.54, 1.807) is 0 Å². The van der Waals surface area contributed by atoms with E-state index in [1.165, 1.54) is 7.11 Å².